The number of thiophene rings is 1. The number of para-hydroxylation sites is 2. The second kappa shape index (κ2) is 9.14. The SMILES string of the molecule is CCOc1ccccc1NS(=O)(=O)c1ccc(C=Cc2onc(C)c2NC(C)=O)s1. The van der Waals surface area contributed by atoms with Gasteiger partial charge in [0.05, 0.1) is 12.3 Å². The van der Waals surface area contributed by atoms with E-state index < -0.39 is 10.0 Å². The molecule has 158 valence electrons. The van der Waals surface area contributed by atoms with Crippen LogP contribution in [0.4, 0.5) is 11.4 Å². The molecule has 2 heterocycles. The predicted molar refractivity (Wildman–Crippen MR) is 117 cm³/mol. The Balaban J connectivity index is 1.79. The van der Waals surface area contributed by atoms with Gasteiger partial charge in [-0.1, -0.05) is 17.3 Å². The topological polar surface area (TPSA) is 111 Å². The highest BCUT2D eigenvalue weighted by Gasteiger charge is 2.19. The average Bonchev–Trinajstić information content (AvgIpc) is 3.30. The number of sulfonamides is 1. The van der Waals surface area contributed by atoms with E-state index in [-0.39, 0.29) is 10.1 Å². The highest BCUT2D eigenvalue weighted by molar-refractivity contribution is 7.94. The lowest BCUT2D eigenvalue weighted by molar-refractivity contribution is -0.114. The summed E-state index contributed by atoms with van der Waals surface area (Å²) in [5, 5.41) is 6.51. The first-order chi connectivity index (χ1) is 14.3. The lowest BCUT2D eigenvalue weighted by Crippen LogP contribution is -2.12. The summed E-state index contributed by atoms with van der Waals surface area (Å²) in [6.07, 6.45) is 3.33. The molecular weight excluding hydrogens is 426 g/mol. The summed E-state index contributed by atoms with van der Waals surface area (Å²) in [7, 11) is -3.77. The first-order valence-corrected chi connectivity index (χ1v) is 11.4. The third kappa shape index (κ3) is 5.08. The number of rotatable bonds is 8. The zero-order valence-corrected chi connectivity index (χ0v) is 18.3. The minimum Gasteiger partial charge on any atom is -0.492 e. The van der Waals surface area contributed by atoms with Crippen molar-refractivity contribution in [1.82, 2.24) is 5.16 Å². The normalized spacial score (nSPS) is 11.6. The van der Waals surface area contributed by atoms with Gasteiger partial charge in [-0.25, -0.2) is 8.42 Å². The van der Waals surface area contributed by atoms with Gasteiger partial charge < -0.3 is 14.6 Å². The van der Waals surface area contributed by atoms with E-state index in [4.69, 9.17) is 9.26 Å². The van der Waals surface area contributed by atoms with E-state index in [9.17, 15) is 13.2 Å². The quantitative estimate of drug-likeness (QED) is 0.530. The van der Waals surface area contributed by atoms with Gasteiger partial charge in [0.2, 0.25) is 5.91 Å². The van der Waals surface area contributed by atoms with Crippen LogP contribution in [0.5, 0.6) is 5.75 Å². The Morgan fingerprint density at radius 2 is 2.00 bits per heavy atom. The molecule has 0 aliphatic heterocycles. The van der Waals surface area contributed by atoms with E-state index >= 15 is 0 Å². The fraction of sp³-hybridized carbons (Fsp3) is 0.200. The Morgan fingerprint density at radius 1 is 1.23 bits per heavy atom. The van der Waals surface area contributed by atoms with Gasteiger partial charge in [0, 0.05) is 11.8 Å². The van der Waals surface area contributed by atoms with Gasteiger partial charge in [-0.05, 0) is 50.3 Å². The van der Waals surface area contributed by atoms with Crippen molar-refractivity contribution in [3.63, 3.8) is 0 Å². The maximum Gasteiger partial charge on any atom is 0.271 e. The molecule has 0 spiro atoms. The highest BCUT2D eigenvalue weighted by atomic mass is 32.2. The van der Waals surface area contributed by atoms with Crippen LogP contribution in [0.1, 0.15) is 30.2 Å². The van der Waals surface area contributed by atoms with Crippen LogP contribution in [0.15, 0.2) is 45.1 Å². The number of aromatic nitrogens is 1. The van der Waals surface area contributed by atoms with Crippen LogP contribution in [-0.4, -0.2) is 26.1 Å². The number of aryl methyl sites for hydroxylation is 1. The summed E-state index contributed by atoms with van der Waals surface area (Å²) in [5.41, 5.74) is 1.41. The van der Waals surface area contributed by atoms with Crippen molar-refractivity contribution >= 4 is 50.8 Å². The van der Waals surface area contributed by atoms with Gasteiger partial charge in [-0.2, -0.15) is 0 Å². The maximum absolute atomic E-state index is 12.8. The number of nitrogens with one attached hydrogen (secondary N) is 2. The lowest BCUT2D eigenvalue weighted by atomic mass is 10.2. The Hall–Kier alpha value is -3.11. The molecule has 0 unspecified atom stereocenters. The predicted octanol–water partition coefficient (Wildman–Crippen LogP) is 4.37. The van der Waals surface area contributed by atoms with Crippen molar-refractivity contribution in [2.45, 2.75) is 25.0 Å². The molecule has 0 saturated heterocycles. The molecule has 2 aromatic heterocycles. The molecule has 0 aliphatic rings. The van der Waals surface area contributed by atoms with Crippen LogP contribution in [0.2, 0.25) is 0 Å². The highest BCUT2D eigenvalue weighted by Crippen LogP contribution is 2.30. The summed E-state index contributed by atoms with van der Waals surface area (Å²) in [4.78, 5) is 12.0. The van der Waals surface area contributed by atoms with E-state index in [0.717, 1.165) is 11.3 Å². The Kier molecular flexibility index (Phi) is 6.58. The van der Waals surface area contributed by atoms with Crippen LogP contribution in [0, 0.1) is 6.92 Å². The third-order valence-corrected chi connectivity index (χ3v) is 6.80. The van der Waals surface area contributed by atoms with Crippen molar-refractivity contribution < 1.29 is 22.5 Å². The zero-order valence-electron chi connectivity index (χ0n) is 16.6. The van der Waals surface area contributed by atoms with Crippen molar-refractivity contribution in [2.75, 3.05) is 16.6 Å². The monoisotopic (exact) mass is 447 g/mol. The Labute approximate surface area is 178 Å². The molecule has 3 rings (SSSR count). The van der Waals surface area contributed by atoms with Crippen molar-refractivity contribution in [2.24, 2.45) is 0 Å². The summed E-state index contributed by atoms with van der Waals surface area (Å²) in [6, 6.07) is 10.1. The van der Waals surface area contributed by atoms with Gasteiger partial charge in [0.15, 0.2) is 5.76 Å². The van der Waals surface area contributed by atoms with Crippen molar-refractivity contribution in [1.29, 1.82) is 0 Å². The van der Waals surface area contributed by atoms with E-state index in [1.807, 2.05) is 6.92 Å². The van der Waals surface area contributed by atoms with E-state index in [0.29, 0.717) is 40.1 Å². The summed E-state index contributed by atoms with van der Waals surface area (Å²) in [6.45, 7) is 5.37. The summed E-state index contributed by atoms with van der Waals surface area (Å²) >= 11 is 1.10. The maximum atomic E-state index is 12.8. The van der Waals surface area contributed by atoms with E-state index in [1.165, 1.54) is 13.0 Å². The fourth-order valence-corrected chi connectivity index (χ4v) is 4.88. The number of benzene rings is 1. The minimum absolute atomic E-state index is 0.157. The van der Waals surface area contributed by atoms with E-state index in [2.05, 4.69) is 15.2 Å². The molecule has 0 radical (unpaired) electrons. The number of anilines is 2. The molecule has 0 fully saturated rings. The molecule has 1 aromatic carbocycles. The van der Waals surface area contributed by atoms with Crippen LogP contribution in [-0.2, 0) is 14.8 Å². The van der Waals surface area contributed by atoms with Gasteiger partial charge in [0.25, 0.3) is 10.0 Å². The van der Waals surface area contributed by atoms with Crippen molar-refractivity contribution in [3.8, 4) is 5.75 Å². The lowest BCUT2D eigenvalue weighted by Gasteiger charge is -2.11. The molecule has 0 bridgehead atoms. The number of hydrogen-bond donors (Lipinski definition) is 2. The molecule has 0 aliphatic carbocycles. The van der Waals surface area contributed by atoms with Crippen molar-refractivity contribution in [3.05, 3.63) is 52.7 Å². The number of ether oxygens (including phenoxy) is 1. The van der Waals surface area contributed by atoms with Crippen LogP contribution in [0.3, 0.4) is 0 Å². The smallest absolute Gasteiger partial charge is 0.271 e. The van der Waals surface area contributed by atoms with E-state index in [1.54, 1.807) is 49.4 Å². The summed E-state index contributed by atoms with van der Waals surface area (Å²) in [5.74, 6) is 0.606. The summed E-state index contributed by atoms with van der Waals surface area (Å²) < 4.78 is 38.9. The standard InChI is InChI=1S/C20H21N3O5S2/c1-4-27-17-8-6-5-7-16(17)23-30(25,26)19-12-10-15(29-19)9-11-18-20(21-14(3)24)13(2)22-28-18/h5-12,23H,4H2,1-3H3,(H,21,24). The molecule has 30 heavy (non-hydrogen) atoms. The van der Waals surface area contributed by atoms with Crippen LogP contribution >= 0.6 is 11.3 Å². The van der Waals surface area contributed by atoms with Gasteiger partial charge >= 0.3 is 0 Å². The van der Waals surface area contributed by atoms with Gasteiger partial charge in [0.1, 0.15) is 21.3 Å². The molecule has 0 atom stereocenters. The molecule has 1 amide bonds. The Bertz CT molecular complexity index is 1180. The Morgan fingerprint density at radius 3 is 2.73 bits per heavy atom. The molecule has 8 nitrogen and oxygen atoms in total. The van der Waals surface area contributed by atoms with Crippen LogP contribution in [0.25, 0.3) is 12.2 Å². The second-order valence-corrected chi connectivity index (χ2v) is 9.24. The molecular formula is C20H21N3O5S2. The minimum atomic E-state index is -3.77. The number of amides is 1. The van der Waals surface area contributed by atoms with Gasteiger partial charge in [-0.15, -0.1) is 11.3 Å². The molecule has 2 N–H and O–H groups in total. The molecule has 0 saturated carbocycles. The van der Waals surface area contributed by atoms with Crippen LogP contribution < -0.4 is 14.8 Å². The molecule has 3 aromatic rings. The first kappa shape index (κ1) is 21.6. The number of nitrogens with zero attached hydrogens (tertiary/aromatic N) is 1. The fourth-order valence-electron chi connectivity index (χ4n) is 2.58. The number of hydrogen-bond acceptors (Lipinski definition) is 7. The first-order valence-electron chi connectivity index (χ1n) is 9.06. The second-order valence-electron chi connectivity index (χ2n) is 6.21. The largest absolute Gasteiger partial charge is 0.492 e. The zero-order chi connectivity index (χ0) is 21.7. The average molecular weight is 448 g/mol. The molecule has 10 heteroatoms. The third-order valence-electron chi connectivity index (χ3n) is 3.89. The van der Waals surface area contributed by atoms with Gasteiger partial charge in [-0.3, -0.25) is 9.52 Å². The number of carbonyl (C=O) groups is 1. The number of carbonyl (C=O) groups excluding carboxylic acids is 1.